The normalized spacial score (nSPS) is 15.1. The number of benzene rings is 2. The van der Waals surface area contributed by atoms with Crippen LogP contribution in [0.25, 0.3) is 11.8 Å². The van der Waals surface area contributed by atoms with Gasteiger partial charge in [0.15, 0.2) is 5.11 Å². The fourth-order valence-electron chi connectivity index (χ4n) is 4.06. The second-order valence-electron chi connectivity index (χ2n) is 8.36. The number of carboxylic acids is 1. The van der Waals surface area contributed by atoms with Crippen LogP contribution in [0, 0.1) is 27.7 Å². The highest BCUT2D eigenvalue weighted by Crippen LogP contribution is 2.28. The molecule has 1 aliphatic rings. The number of nitrogens with zero attached hydrogens (tertiary/aromatic N) is 2. The molecule has 2 N–H and O–H groups in total. The van der Waals surface area contributed by atoms with Gasteiger partial charge in [0.2, 0.25) is 0 Å². The molecule has 0 aliphatic carbocycles. The van der Waals surface area contributed by atoms with Gasteiger partial charge in [0, 0.05) is 17.1 Å². The van der Waals surface area contributed by atoms with Crippen LogP contribution in [-0.4, -0.2) is 32.6 Å². The van der Waals surface area contributed by atoms with Crippen LogP contribution in [0.4, 0.5) is 5.69 Å². The number of aromatic carboxylic acids is 1. The number of nitrogens with one attached hydrogen (secondary N) is 1. The average molecular weight is 508 g/mol. The van der Waals surface area contributed by atoms with Gasteiger partial charge < -0.3 is 9.67 Å². The highest BCUT2D eigenvalue weighted by Gasteiger charge is 2.35. The molecule has 0 spiro atoms. The number of rotatable bonds is 4. The minimum absolute atomic E-state index is 0.00657. The van der Waals surface area contributed by atoms with Crippen molar-refractivity contribution in [2.24, 2.45) is 0 Å². The van der Waals surface area contributed by atoms with Crippen molar-refractivity contribution in [3.63, 3.8) is 0 Å². The summed E-state index contributed by atoms with van der Waals surface area (Å²) in [6, 6.07) is 12.1. The van der Waals surface area contributed by atoms with Gasteiger partial charge in [-0.2, -0.15) is 0 Å². The Morgan fingerprint density at radius 1 is 1.00 bits per heavy atom. The summed E-state index contributed by atoms with van der Waals surface area (Å²) in [5.74, 6) is -2.19. The van der Waals surface area contributed by atoms with Gasteiger partial charge >= 0.3 is 5.97 Å². The van der Waals surface area contributed by atoms with Crippen LogP contribution in [0.15, 0.2) is 48.0 Å². The van der Waals surface area contributed by atoms with Crippen LogP contribution in [0.3, 0.4) is 0 Å². The maximum absolute atomic E-state index is 13.4. The van der Waals surface area contributed by atoms with Crippen LogP contribution in [0.1, 0.15) is 38.4 Å². The molecule has 1 aliphatic heterocycles. The predicted molar refractivity (Wildman–Crippen MR) is 139 cm³/mol. The number of anilines is 1. The van der Waals surface area contributed by atoms with Crippen molar-refractivity contribution in [2.75, 3.05) is 4.90 Å². The van der Waals surface area contributed by atoms with Crippen LogP contribution in [0.5, 0.6) is 0 Å². The topological polar surface area (TPSA) is 91.6 Å². The molecule has 0 saturated carbocycles. The van der Waals surface area contributed by atoms with Crippen molar-refractivity contribution < 1.29 is 19.5 Å². The number of carbonyl (C=O) groups is 3. The van der Waals surface area contributed by atoms with Crippen LogP contribution < -0.4 is 10.2 Å². The average Bonchev–Trinajstić information content (AvgIpc) is 3.05. The molecular formula is C26H22ClN3O4S. The van der Waals surface area contributed by atoms with E-state index in [9.17, 15) is 19.5 Å². The van der Waals surface area contributed by atoms with Crippen LogP contribution in [0.2, 0.25) is 5.02 Å². The summed E-state index contributed by atoms with van der Waals surface area (Å²) in [6.45, 7) is 7.62. The number of carboxylic acid groups (broad SMARTS) is 1. The second-order valence-corrected chi connectivity index (χ2v) is 9.15. The molecule has 1 aromatic heterocycles. The van der Waals surface area contributed by atoms with Crippen molar-refractivity contribution in [3.8, 4) is 5.69 Å². The fourth-order valence-corrected chi connectivity index (χ4v) is 4.60. The Labute approximate surface area is 212 Å². The van der Waals surface area contributed by atoms with E-state index in [1.165, 1.54) is 11.0 Å². The van der Waals surface area contributed by atoms with Crippen molar-refractivity contribution in [1.29, 1.82) is 0 Å². The minimum Gasteiger partial charge on any atom is -0.478 e. The minimum atomic E-state index is -1.11. The maximum Gasteiger partial charge on any atom is 0.337 e. The second kappa shape index (κ2) is 9.13. The van der Waals surface area contributed by atoms with Crippen molar-refractivity contribution >= 4 is 58.5 Å². The summed E-state index contributed by atoms with van der Waals surface area (Å²) in [4.78, 5) is 38.8. The number of aromatic nitrogens is 1. The molecule has 2 heterocycles. The zero-order valence-electron chi connectivity index (χ0n) is 19.5. The van der Waals surface area contributed by atoms with Crippen LogP contribution in [-0.2, 0) is 9.59 Å². The third-order valence-corrected chi connectivity index (χ3v) is 6.66. The number of aryl methyl sites for hydroxylation is 3. The maximum atomic E-state index is 13.4. The molecule has 0 radical (unpaired) electrons. The summed E-state index contributed by atoms with van der Waals surface area (Å²) >= 11 is 11.5. The molecule has 0 bridgehead atoms. The first-order valence-electron chi connectivity index (χ1n) is 10.7. The first-order chi connectivity index (χ1) is 16.5. The first-order valence-corrected chi connectivity index (χ1v) is 11.5. The summed E-state index contributed by atoms with van der Waals surface area (Å²) in [5.41, 5.74) is 5.50. The molecule has 4 rings (SSSR count). The molecule has 35 heavy (non-hydrogen) atoms. The number of hydrogen-bond acceptors (Lipinski definition) is 4. The van der Waals surface area contributed by atoms with E-state index in [-0.39, 0.29) is 21.3 Å². The van der Waals surface area contributed by atoms with E-state index in [4.69, 9.17) is 23.8 Å². The Morgan fingerprint density at radius 2 is 1.69 bits per heavy atom. The number of hydrogen-bond donors (Lipinski definition) is 2. The lowest BCUT2D eigenvalue weighted by atomic mass is 10.1. The largest absolute Gasteiger partial charge is 0.478 e. The Kier molecular flexibility index (Phi) is 6.36. The molecule has 3 aromatic rings. The van der Waals surface area contributed by atoms with Gasteiger partial charge in [0.25, 0.3) is 11.8 Å². The molecule has 2 aromatic carbocycles. The Balaban J connectivity index is 1.76. The number of carbonyl (C=O) groups excluding carboxylic acids is 2. The van der Waals surface area contributed by atoms with Gasteiger partial charge in [-0.15, -0.1) is 0 Å². The van der Waals surface area contributed by atoms with E-state index in [2.05, 4.69) is 5.32 Å². The lowest BCUT2D eigenvalue weighted by molar-refractivity contribution is -0.122. The molecule has 1 fully saturated rings. The van der Waals surface area contributed by atoms with Gasteiger partial charge in [0.1, 0.15) is 5.57 Å². The smallest absolute Gasteiger partial charge is 0.337 e. The van der Waals surface area contributed by atoms with Gasteiger partial charge in [-0.05, 0) is 99.1 Å². The molecule has 178 valence electrons. The number of halogens is 1. The summed E-state index contributed by atoms with van der Waals surface area (Å²) in [7, 11) is 0. The SMILES string of the molecule is Cc1ccc(N2C(=O)/C(=C/c3cc(C)n(-c4ccc(C(=O)O)c(Cl)c4)c3C)C(=O)NC2=S)cc1C. The zero-order valence-corrected chi connectivity index (χ0v) is 21.0. The molecule has 7 nitrogen and oxygen atoms in total. The van der Waals surface area contributed by atoms with Crippen molar-refractivity contribution in [1.82, 2.24) is 9.88 Å². The van der Waals surface area contributed by atoms with E-state index in [1.54, 1.807) is 24.3 Å². The zero-order chi connectivity index (χ0) is 25.6. The first kappa shape index (κ1) is 24.4. The highest BCUT2D eigenvalue weighted by atomic mass is 35.5. The molecule has 2 amide bonds. The van der Waals surface area contributed by atoms with Crippen molar-refractivity contribution in [3.05, 3.63) is 86.7 Å². The van der Waals surface area contributed by atoms with Gasteiger partial charge in [0.05, 0.1) is 16.3 Å². The Bertz CT molecular complexity index is 1470. The Morgan fingerprint density at radius 3 is 2.31 bits per heavy atom. The summed E-state index contributed by atoms with van der Waals surface area (Å²) in [6.07, 6.45) is 1.54. The summed E-state index contributed by atoms with van der Waals surface area (Å²) < 4.78 is 1.88. The van der Waals surface area contributed by atoms with Crippen LogP contribution >= 0.6 is 23.8 Å². The molecule has 9 heteroatoms. The standard InChI is InChI=1S/C26H22ClN3O4S/c1-13-5-6-18(9-14(13)2)30-24(32)21(23(31)28-26(30)35)11-17-10-15(3)29(16(17)4)19-7-8-20(25(33)34)22(27)12-19/h5-12H,1-4H3,(H,33,34)(H,28,31,35)/b21-11+. The lowest BCUT2D eigenvalue weighted by Crippen LogP contribution is -2.54. The van der Waals surface area contributed by atoms with Gasteiger partial charge in [-0.3, -0.25) is 19.8 Å². The fraction of sp³-hybridized carbons (Fsp3) is 0.154. The third-order valence-electron chi connectivity index (χ3n) is 6.06. The lowest BCUT2D eigenvalue weighted by Gasteiger charge is -2.29. The van der Waals surface area contributed by atoms with E-state index in [0.29, 0.717) is 16.9 Å². The molecule has 0 atom stereocenters. The van der Waals surface area contributed by atoms with Crippen molar-refractivity contribution in [2.45, 2.75) is 27.7 Å². The van der Waals surface area contributed by atoms with E-state index in [0.717, 1.165) is 22.5 Å². The molecule has 1 saturated heterocycles. The Hall–Kier alpha value is -3.75. The third kappa shape index (κ3) is 4.38. The highest BCUT2D eigenvalue weighted by molar-refractivity contribution is 7.80. The van der Waals surface area contributed by atoms with E-state index < -0.39 is 17.8 Å². The summed E-state index contributed by atoms with van der Waals surface area (Å²) in [5, 5.41) is 12.0. The van der Waals surface area contributed by atoms with Gasteiger partial charge in [-0.25, -0.2) is 4.79 Å². The van der Waals surface area contributed by atoms with E-state index >= 15 is 0 Å². The predicted octanol–water partition coefficient (Wildman–Crippen LogP) is 4.89. The van der Waals surface area contributed by atoms with Gasteiger partial charge in [-0.1, -0.05) is 17.7 Å². The molecular weight excluding hydrogens is 486 g/mol. The number of amides is 2. The monoisotopic (exact) mass is 507 g/mol. The molecule has 0 unspecified atom stereocenters. The number of thiocarbonyl (C=S) groups is 1. The van der Waals surface area contributed by atoms with E-state index in [1.807, 2.05) is 50.5 Å². The quantitative estimate of drug-likeness (QED) is 0.298.